The van der Waals surface area contributed by atoms with E-state index >= 15 is 0 Å². The first-order valence-electron chi connectivity index (χ1n) is 7.27. The lowest BCUT2D eigenvalue weighted by Gasteiger charge is -2.10. The van der Waals surface area contributed by atoms with Crippen LogP contribution >= 0.6 is 23.2 Å². The molecule has 0 radical (unpaired) electrons. The third-order valence-corrected chi connectivity index (χ3v) is 3.87. The standard InChI is InChI=1S/C18H12Cl2FN3O/c19-11-5-6-15(13(20)9-11)23-12-7-8-22-17(10-12)18(25)24-16-4-2-1-3-14(16)21/h1-10H,(H,22,23)(H,24,25). The number of rotatable bonds is 4. The van der Waals surface area contributed by atoms with Crippen LogP contribution in [0.1, 0.15) is 10.5 Å². The monoisotopic (exact) mass is 375 g/mol. The number of benzene rings is 2. The Labute approximate surface area is 153 Å². The fourth-order valence-electron chi connectivity index (χ4n) is 2.13. The summed E-state index contributed by atoms with van der Waals surface area (Å²) in [6.07, 6.45) is 1.47. The summed E-state index contributed by atoms with van der Waals surface area (Å²) in [5, 5.41) is 6.54. The Morgan fingerprint density at radius 3 is 2.56 bits per heavy atom. The second kappa shape index (κ2) is 7.51. The quantitative estimate of drug-likeness (QED) is 0.630. The van der Waals surface area contributed by atoms with Crippen molar-refractivity contribution in [3.8, 4) is 0 Å². The van der Waals surface area contributed by atoms with Crippen LogP contribution in [0.25, 0.3) is 0 Å². The van der Waals surface area contributed by atoms with Gasteiger partial charge in [-0.05, 0) is 42.5 Å². The van der Waals surface area contributed by atoms with Gasteiger partial charge in [-0.2, -0.15) is 0 Å². The number of nitrogens with one attached hydrogen (secondary N) is 2. The van der Waals surface area contributed by atoms with E-state index in [0.717, 1.165) is 0 Å². The Kier molecular flexibility index (Phi) is 5.16. The molecule has 2 aromatic carbocycles. The number of halogens is 3. The molecule has 3 rings (SSSR count). The van der Waals surface area contributed by atoms with E-state index < -0.39 is 11.7 Å². The minimum atomic E-state index is -0.518. The highest BCUT2D eigenvalue weighted by Crippen LogP contribution is 2.28. The fourth-order valence-corrected chi connectivity index (χ4v) is 2.58. The number of carbonyl (C=O) groups excluding carboxylic acids is 1. The van der Waals surface area contributed by atoms with Crippen LogP contribution in [0.4, 0.5) is 21.5 Å². The molecule has 2 N–H and O–H groups in total. The van der Waals surface area contributed by atoms with Crippen LogP contribution in [0.5, 0.6) is 0 Å². The molecule has 0 fully saturated rings. The molecule has 0 atom stereocenters. The first kappa shape index (κ1) is 17.2. The Morgan fingerprint density at radius 1 is 1.00 bits per heavy atom. The fraction of sp³-hybridized carbons (Fsp3) is 0. The number of amides is 1. The molecule has 126 valence electrons. The topological polar surface area (TPSA) is 54.0 Å². The van der Waals surface area contributed by atoms with Gasteiger partial charge in [-0.3, -0.25) is 9.78 Å². The third kappa shape index (κ3) is 4.26. The van der Waals surface area contributed by atoms with Crippen LogP contribution in [0.15, 0.2) is 60.8 Å². The van der Waals surface area contributed by atoms with E-state index in [4.69, 9.17) is 23.2 Å². The van der Waals surface area contributed by atoms with E-state index in [-0.39, 0.29) is 11.4 Å². The van der Waals surface area contributed by atoms with Crippen LogP contribution < -0.4 is 10.6 Å². The molecular formula is C18H12Cl2FN3O. The van der Waals surface area contributed by atoms with Gasteiger partial charge in [0.15, 0.2) is 0 Å². The summed E-state index contributed by atoms with van der Waals surface area (Å²) >= 11 is 12.0. The highest BCUT2D eigenvalue weighted by molar-refractivity contribution is 6.36. The molecule has 0 aliphatic heterocycles. The first-order valence-corrected chi connectivity index (χ1v) is 8.02. The number of anilines is 3. The number of para-hydroxylation sites is 1. The highest BCUT2D eigenvalue weighted by Gasteiger charge is 2.11. The molecule has 1 amide bonds. The lowest BCUT2D eigenvalue weighted by atomic mass is 10.2. The van der Waals surface area contributed by atoms with Crippen molar-refractivity contribution in [2.45, 2.75) is 0 Å². The molecule has 0 aliphatic carbocycles. The Bertz CT molecular complexity index is 934. The zero-order chi connectivity index (χ0) is 17.8. The molecule has 1 heterocycles. The predicted molar refractivity (Wildman–Crippen MR) is 98.3 cm³/mol. The largest absolute Gasteiger partial charge is 0.354 e. The Morgan fingerprint density at radius 2 is 1.80 bits per heavy atom. The van der Waals surface area contributed by atoms with E-state index in [0.29, 0.717) is 21.4 Å². The number of hydrogen-bond acceptors (Lipinski definition) is 3. The molecule has 3 aromatic rings. The maximum absolute atomic E-state index is 13.6. The number of carbonyl (C=O) groups is 1. The van der Waals surface area contributed by atoms with Gasteiger partial charge in [-0.1, -0.05) is 35.3 Å². The Hall–Kier alpha value is -2.63. The van der Waals surface area contributed by atoms with Gasteiger partial charge >= 0.3 is 0 Å². The molecule has 0 saturated carbocycles. The Balaban J connectivity index is 1.79. The molecule has 0 bridgehead atoms. The molecule has 1 aromatic heterocycles. The molecule has 0 spiro atoms. The van der Waals surface area contributed by atoms with Gasteiger partial charge in [0.05, 0.1) is 16.4 Å². The molecule has 0 aliphatic rings. The van der Waals surface area contributed by atoms with Crippen molar-refractivity contribution in [1.82, 2.24) is 4.98 Å². The lowest BCUT2D eigenvalue weighted by molar-refractivity contribution is 0.102. The molecule has 4 nitrogen and oxygen atoms in total. The lowest BCUT2D eigenvalue weighted by Crippen LogP contribution is -2.14. The van der Waals surface area contributed by atoms with Crippen LogP contribution in [0.2, 0.25) is 10.0 Å². The van der Waals surface area contributed by atoms with Crippen LogP contribution in [-0.2, 0) is 0 Å². The summed E-state index contributed by atoms with van der Waals surface area (Å²) in [5.41, 5.74) is 1.47. The van der Waals surface area contributed by atoms with Crippen molar-refractivity contribution >= 4 is 46.2 Å². The predicted octanol–water partition coefficient (Wildman–Crippen LogP) is 5.52. The number of hydrogen-bond donors (Lipinski definition) is 2. The molecule has 25 heavy (non-hydrogen) atoms. The summed E-state index contributed by atoms with van der Waals surface area (Å²) in [6.45, 7) is 0. The number of aromatic nitrogens is 1. The van der Waals surface area contributed by atoms with Gasteiger partial charge in [0.1, 0.15) is 11.5 Å². The van der Waals surface area contributed by atoms with Crippen molar-refractivity contribution in [3.63, 3.8) is 0 Å². The van der Waals surface area contributed by atoms with Gasteiger partial charge in [0.2, 0.25) is 0 Å². The van der Waals surface area contributed by atoms with Gasteiger partial charge in [0, 0.05) is 16.9 Å². The summed E-state index contributed by atoms with van der Waals surface area (Å²) < 4.78 is 13.6. The molecule has 0 unspecified atom stereocenters. The maximum atomic E-state index is 13.6. The molecule has 7 heteroatoms. The van der Waals surface area contributed by atoms with Gasteiger partial charge < -0.3 is 10.6 Å². The van der Waals surface area contributed by atoms with Crippen molar-refractivity contribution in [2.75, 3.05) is 10.6 Å². The SMILES string of the molecule is O=C(Nc1ccccc1F)c1cc(Nc2ccc(Cl)cc2Cl)ccn1. The smallest absolute Gasteiger partial charge is 0.274 e. The summed E-state index contributed by atoms with van der Waals surface area (Å²) in [7, 11) is 0. The van der Waals surface area contributed by atoms with Crippen LogP contribution in [-0.4, -0.2) is 10.9 Å². The van der Waals surface area contributed by atoms with Crippen LogP contribution in [0, 0.1) is 5.82 Å². The minimum Gasteiger partial charge on any atom is -0.354 e. The summed E-state index contributed by atoms with van der Waals surface area (Å²) in [6, 6.07) is 14.2. The zero-order valence-electron chi connectivity index (χ0n) is 12.8. The molecule has 0 saturated heterocycles. The first-order chi connectivity index (χ1) is 12.0. The van der Waals surface area contributed by atoms with Gasteiger partial charge in [-0.15, -0.1) is 0 Å². The third-order valence-electron chi connectivity index (χ3n) is 3.32. The van der Waals surface area contributed by atoms with Crippen molar-refractivity contribution in [3.05, 3.63) is 82.4 Å². The average Bonchev–Trinajstić information content (AvgIpc) is 2.60. The van der Waals surface area contributed by atoms with Crippen LogP contribution in [0.3, 0.4) is 0 Å². The van der Waals surface area contributed by atoms with E-state index in [1.165, 1.54) is 18.3 Å². The van der Waals surface area contributed by atoms with Crippen molar-refractivity contribution in [1.29, 1.82) is 0 Å². The molecular weight excluding hydrogens is 364 g/mol. The second-order valence-corrected chi connectivity index (χ2v) is 5.96. The van der Waals surface area contributed by atoms with E-state index in [9.17, 15) is 9.18 Å². The normalized spacial score (nSPS) is 10.4. The van der Waals surface area contributed by atoms with E-state index in [2.05, 4.69) is 15.6 Å². The second-order valence-electron chi connectivity index (χ2n) is 5.11. The maximum Gasteiger partial charge on any atom is 0.274 e. The van der Waals surface area contributed by atoms with E-state index in [1.807, 2.05) is 0 Å². The number of nitrogens with zero attached hydrogens (tertiary/aromatic N) is 1. The summed E-state index contributed by atoms with van der Waals surface area (Å²) in [5.74, 6) is -1.03. The minimum absolute atomic E-state index is 0.0911. The van der Waals surface area contributed by atoms with Gasteiger partial charge in [-0.25, -0.2) is 4.39 Å². The number of pyridine rings is 1. The summed E-state index contributed by atoms with van der Waals surface area (Å²) in [4.78, 5) is 16.3. The van der Waals surface area contributed by atoms with Crippen molar-refractivity contribution in [2.24, 2.45) is 0 Å². The van der Waals surface area contributed by atoms with Gasteiger partial charge in [0.25, 0.3) is 5.91 Å². The van der Waals surface area contributed by atoms with Crippen molar-refractivity contribution < 1.29 is 9.18 Å². The van der Waals surface area contributed by atoms with E-state index in [1.54, 1.807) is 42.5 Å². The average molecular weight is 376 g/mol. The highest BCUT2D eigenvalue weighted by atomic mass is 35.5. The zero-order valence-corrected chi connectivity index (χ0v) is 14.3.